The molecular formula is C15H31N3O3. The molecule has 1 atom stereocenters. The van der Waals surface area contributed by atoms with Gasteiger partial charge in [-0.15, -0.1) is 0 Å². The van der Waals surface area contributed by atoms with Crippen LogP contribution in [0.4, 0.5) is 0 Å². The first-order valence-corrected chi connectivity index (χ1v) is 7.69. The summed E-state index contributed by atoms with van der Waals surface area (Å²) in [5, 5.41) is 6.32. The molecule has 0 fully saturated rings. The molecule has 0 aromatic rings. The van der Waals surface area contributed by atoms with Crippen LogP contribution in [0.15, 0.2) is 4.99 Å². The highest BCUT2D eigenvalue weighted by Crippen LogP contribution is 1.99. The highest BCUT2D eigenvalue weighted by Gasteiger charge is 2.12. The Bertz CT molecular complexity index is 307. The fourth-order valence-corrected chi connectivity index (χ4v) is 1.51. The van der Waals surface area contributed by atoms with Crippen molar-refractivity contribution in [2.75, 3.05) is 40.0 Å². The van der Waals surface area contributed by atoms with E-state index < -0.39 is 0 Å². The van der Waals surface area contributed by atoms with E-state index in [4.69, 9.17) is 4.74 Å². The molecule has 0 aromatic heterocycles. The molecular weight excluding hydrogens is 270 g/mol. The average Bonchev–Trinajstić information content (AvgIpc) is 2.46. The second kappa shape index (κ2) is 12.4. The number of methoxy groups -OCH3 is 1. The molecule has 21 heavy (non-hydrogen) atoms. The number of aliphatic imine (C=N–C) groups is 1. The molecule has 0 saturated carbocycles. The van der Waals surface area contributed by atoms with Crippen LogP contribution in [-0.2, 0) is 14.3 Å². The van der Waals surface area contributed by atoms with Crippen molar-refractivity contribution in [3.05, 3.63) is 0 Å². The van der Waals surface area contributed by atoms with E-state index in [2.05, 4.69) is 34.2 Å². The molecule has 0 aliphatic carbocycles. The number of hydrogen-bond donors (Lipinski definition) is 2. The van der Waals surface area contributed by atoms with Gasteiger partial charge in [0.25, 0.3) is 0 Å². The summed E-state index contributed by atoms with van der Waals surface area (Å²) < 4.78 is 10.2. The maximum atomic E-state index is 11.3. The van der Waals surface area contributed by atoms with Crippen LogP contribution >= 0.6 is 0 Å². The van der Waals surface area contributed by atoms with Gasteiger partial charge in [-0.05, 0) is 19.3 Å². The molecule has 0 amide bonds. The average molecular weight is 301 g/mol. The van der Waals surface area contributed by atoms with E-state index in [9.17, 15) is 4.79 Å². The maximum Gasteiger partial charge on any atom is 0.310 e. The van der Waals surface area contributed by atoms with Crippen molar-refractivity contribution >= 4 is 11.9 Å². The number of hydrogen-bond acceptors (Lipinski definition) is 4. The van der Waals surface area contributed by atoms with Crippen molar-refractivity contribution in [2.45, 2.75) is 34.1 Å². The first kappa shape index (κ1) is 19.7. The Morgan fingerprint density at radius 3 is 2.48 bits per heavy atom. The molecule has 0 heterocycles. The second-order valence-corrected chi connectivity index (χ2v) is 5.37. The molecule has 0 saturated heterocycles. The summed E-state index contributed by atoms with van der Waals surface area (Å²) in [6, 6.07) is 0. The quantitative estimate of drug-likeness (QED) is 0.276. The SMILES string of the molecule is CCNC(=NCC(C)C(=O)OC)NCCOCCC(C)C. The summed E-state index contributed by atoms with van der Waals surface area (Å²) in [7, 11) is 1.39. The van der Waals surface area contributed by atoms with Crippen LogP contribution < -0.4 is 10.6 Å². The van der Waals surface area contributed by atoms with Crippen molar-refractivity contribution in [2.24, 2.45) is 16.8 Å². The summed E-state index contributed by atoms with van der Waals surface area (Å²) in [6.07, 6.45) is 1.07. The first-order valence-electron chi connectivity index (χ1n) is 7.69. The molecule has 0 aliphatic rings. The third-order valence-electron chi connectivity index (χ3n) is 2.85. The number of ether oxygens (including phenoxy) is 2. The number of nitrogens with zero attached hydrogens (tertiary/aromatic N) is 1. The minimum atomic E-state index is -0.244. The molecule has 6 heteroatoms. The maximum absolute atomic E-state index is 11.3. The van der Waals surface area contributed by atoms with Gasteiger partial charge >= 0.3 is 5.97 Å². The van der Waals surface area contributed by atoms with E-state index in [1.54, 1.807) is 6.92 Å². The molecule has 2 N–H and O–H groups in total. The fraction of sp³-hybridized carbons (Fsp3) is 0.867. The molecule has 0 aromatic carbocycles. The summed E-state index contributed by atoms with van der Waals surface area (Å²) in [6.45, 7) is 11.4. The van der Waals surface area contributed by atoms with E-state index in [-0.39, 0.29) is 11.9 Å². The molecule has 6 nitrogen and oxygen atoms in total. The predicted molar refractivity (Wildman–Crippen MR) is 85.4 cm³/mol. The van der Waals surface area contributed by atoms with Crippen LogP contribution in [0.1, 0.15) is 34.1 Å². The van der Waals surface area contributed by atoms with Gasteiger partial charge in [0.05, 0.1) is 26.2 Å². The van der Waals surface area contributed by atoms with E-state index in [0.29, 0.717) is 31.6 Å². The van der Waals surface area contributed by atoms with Crippen molar-refractivity contribution in [3.63, 3.8) is 0 Å². The molecule has 0 radical (unpaired) electrons. The summed E-state index contributed by atoms with van der Waals surface area (Å²) in [5.41, 5.74) is 0. The van der Waals surface area contributed by atoms with E-state index in [1.807, 2.05) is 6.92 Å². The number of carbonyl (C=O) groups excluding carboxylic acids is 1. The lowest BCUT2D eigenvalue weighted by Gasteiger charge is -2.13. The Morgan fingerprint density at radius 2 is 1.90 bits per heavy atom. The molecule has 0 spiro atoms. The minimum absolute atomic E-state index is 0.243. The largest absolute Gasteiger partial charge is 0.469 e. The van der Waals surface area contributed by atoms with Gasteiger partial charge in [-0.2, -0.15) is 0 Å². The van der Waals surface area contributed by atoms with Crippen molar-refractivity contribution in [1.82, 2.24) is 10.6 Å². The second-order valence-electron chi connectivity index (χ2n) is 5.37. The van der Waals surface area contributed by atoms with Gasteiger partial charge in [0.1, 0.15) is 0 Å². The van der Waals surface area contributed by atoms with E-state index in [0.717, 1.165) is 19.6 Å². The van der Waals surface area contributed by atoms with Gasteiger partial charge in [-0.25, -0.2) is 0 Å². The van der Waals surface area contributed by atoms with Gasteiger partial charge < -0.3 is 20.1 Å². The van der Waals surface area contributed by atoms with Crippen molar-refractivity contribution in [1.29, 1.82) is 0 Å². The molecule has 0 bridgehead atoms. The smallest absolute Gasteiger partial charge is 0.310 e. The van der Waals surface area contributed by atoms with Gasteiger partial charge in [-0.1, -0.05) is 20.8 Å². The zero-order chi connectivity index (χ0) is 16.1. The normalized spacial score (nSPS) is 13.1. The van der Waals surface area contributed by atoms with Gasteiger partial charge in [0.2, 0.25) is 0 Å². The number of esters is 1. The molecule has 0 rings (SSSR count). The Hall–Kier alpha value is -1.30. The van der Waals surface area contributed by atoms with E-state index in [1.165, 1.54) is 7.11 Å². The van der Waals surface area contributed by atoms with Crippen LogP contribution in [0.2, 0.25) is 0 Å². The highest BCUT2D eigenvalue weighted by molar-refractivity contribution is 5.80. The Morgan fingerprint density at radius 1 is 1.19 bits per heavy atom. The Labute approximate surface area is 128 Å². The number of carbonyl (C=O) groups is 1. The lowest BCUT2D eigenvalue weighted by molar-refractivity contribution is -0.144. The van der Waals surface area contributed by atoms with Crippen LogP contribution in [0.5, 0.6) is 0 Å². The third-order valence-corrected chi connectivity index (χ3v) is 2.85. The molecule has 0 aliphatic heterocycles. The van der Waals surface area contributed by atoms with Crippen molar-refractivity contribution in [3.8, 4) is 0 Å². The van der Waals surface area contributed by atoms with Gasteiger partial charge in [-0.3, -0.25) is 9.79 Å². The summed E-state index contributed by atoms with van der Waals surface area (Å²) >= 11 is 0. The molecule has 124 valence electrons. The topological polar surface area (TPSA) is 72.0 Å². The van der Waals surface area contributed by atoms with Crippen LogP contribution in [-0.4, -0.2) is 51.9 Å². The Kier molecular flexibility index (Phi) is 11.7. The number of rotatable bonds is 10. The van der Waals surface area contributed by atoms with Crippen LogP contribution in [0.3, 0.4) is 0 Å². The first-order chi connectivity index (χ1) is 10.0. The predicted octanol–water partition coefficient (Wildman–Crippen LogP) is 1.41. The zero-order valence-corrected chi connectivity index (χ0v) is 14.1. The molecule has 1 unspecified atom stereocenters. The third kappa shape index (κ3) is 11.1. The summed E-state index contributed by atoms with van der Waals surface area (Å²) in [5.74, 6) is 0.872. The minimum Gasteiger partial charge on any atom is -0.469 e. The van der Waals surface area contributed by atoms with Gasteiger partial charge in [0, 0.05) is 19.7 Å². The van der Waals surface area contributed by atoms with E-state index >= 15 is 0 Å². The Balaban J connectivity index is 3.98. The fourth-order valence-electron chi connectivity index (χ4n) is 1.51. The van der Waals surface area contributed by atoms with Crippen molar-refractivity contribution < 1.29 is 14.3 Å². The highest BCUT2D eigenvalue weighted by atomic mass is 16.5. The lowest BCUT2D eigenvalue weighted by atomic mass is 10.1. The zero-order valence-electron chi connectivity index (χ0n) is 14.1. The van der Waals surface area contributed by atoms with Crippen LogP contribution in [0.25, 0.3) is 0 Å². The van der Waals surface area contributed by atoms with Gasteiger partial charge in [0.15, 0.2) is 5.96 Å². The van der Waals surface area contributed by atoms with Crippen LogP contribution in [0, 0.1) is 11.8 Å². The number of nitrogens with one attached hydrogen (secondary N) is 2. The lowest BCUT2D eigenvalue weighted by Crippen LogP contribution is -2.39. The monoisotopic (exact) mass is 301 g/mol. The standard InChI is InChI=1S/C15H31N3O3/c1-6-16-15(18-11-13(4)14(19)20-5)17-8-10-21-9-7-12(2)3/h12-13H,6-11H2,1-5H3,(H2,16,17,18). The number of guanidine groups is 1. The summed E-state index contributed by atoms with van der Waals surface area (Å²) in [4.78, 5) is 15.7.